The van der Waals surface area contributed by atoms with Crippen molar-refractivity contribution in [2.45, 2.75) is 24.0 Å². The SMILES string of the molecule is NC(Cc1ccc(Cl)cc1)C(=O)N1CCN(c2ncnc3c2CS(O)(O)C3)CC1. The van der Waals surface area contributed by atoms with E-state index in [0.29, 0.717) is 43.3 Å². The van der Waals surface area contributed by atoms with Crippen LogP contribution in [-0.4, -0.2) is 62.1 Å². The van der Waals surface area contributed by atoms with Crippen LogP contribution in [0.25, 0.3) is 0 Å². The maximum atomic E-state index is 12.8. The molecule has 4 rings (SSSR count). The largest absolute Gasteiger partial charge is 0.353 e. The molecule has 0 radical (unpaired) electrons. The molecule has 29 heavy (non-hydrogen) atoms. The molecular formula is C19H24ClN5O3S. The van der Waals surface area contributed by atoms with E-state index in [4.69, 9.17) is 17.3 Å². The normalized spacial score (nSPS) is 20.3. The average Bonchev–Trinajstić information content (AvgIpc) is 3.03. The Labute approximate surface area is 176 Å². The van der Waals surface area contributed by atoms with Crippen molar-refractivity contribution in [2.24, 2.45) is 5.73 Å². The fraction of sp³-hybridized carbons (Fsp3) is 0.421. The summed E-state index contributed by atoms with van der Waals surface area (Å²) in [6.45, 7) is 2.31. The number of aromatic nitrogens is 2. The summed E-state index contributed by atoms with van der Waals surface area (Å²) in [5.41, 5.74) is 8.65. The first-order valence-corrected chi connectivity index (χ1v) is 11.7. The van der Waals surface area contributed by atoms with Crippen molar-refractivity contribution in [3.05, 3.63) is 52.4 Å². The lowest BCUT2D eigenvalue weighted by molar-refractivity contribution is -0.132. The Bertz CT molecular complexity index is 903. The quantitative estimate of drug-likeness (QED) is 0.670. The minimum Gasteiger partial charge on any atom is -0.353 e. The first-order chi connectivity index (χ1) is 13.8. The molecule has 2 aliphatic rings. The first-order valence-electron chi connectivity index (χ1n) is 9.42. The lowest BCUT2D eigenvalue weighted by Crippen LogP contribution is -2.54. The van der Waals surface area contributed by atoms with Gasteiger partial charge in [-0.2, -0.15) is 10.6 Å². The molecule has 1 saturated heterocycles. The Morgan fingerprint density at radius 1 is 1.14 bits per heavy atom. The molecule has 1 aromatic carbocycles. The van der Waals surface area contributed by atoms with E-state index in [0.717, 1.165) is 16.9 Å². The Hall–Kier alpha value is -1.91. The number of nitrogens with two attached hydrogens (primary N) is 1. The molecule has 1 fully saturated rings. The average molecular weight is 438 g/mol. The molecule has 1 amide bonds. The van der Waals surface area contributed by atoms with Crippen LogP contribution in [0.3, 0.4) is 0 Å². The van der Waals surface area contributed by atoms with Gasteiger partial charge in [0, 0.05) is 36.8 Å². The number of piperazine rings is 1. The van der Waals surface area contributed by atoms with Crippen molar-refractivity contribution in [3.8, 4) is 0 Å². The van der Waals surface area contributed by atoms with Crippen LogP contribution in [0.4, 0.5) is 5.82 Å². The van der Waals surface area contributed by atoms with Crippen LogP contribution in [0.2, 0.25) is 5.02 Å². The molecular weight excluding hydrogens is 414 g/mol. The third kappa shape index (κ3) is 4.49. The van der Waals surface area contributed by atoms with E-state index in [1.165, 1.54) is 6.33 Å². The summed E-state index contributed by atoms with van der Waals surface area (Å²) in [4.78, 5) is 25.2. The van der Waals surface area contributed by atoms with Gasteiger partial charge in [0.1, 0.15) is 12.1 Å². The summed E-state index contributed by atoms with van der Waals surface area (Å²) in [5, 5.41) is 0.655. The Balaban J connectivity index is 1.37. The van der Waals surface area contributed by atoms with Gasteiger partial charge in [-0.25, -0.2) is 9.97 Å². The highest BCUT2D eigenvalue weighted by molar-refractivity contribution is 8.23. The molecule has 156 valence electrons. The number of carbonyl (C=O) groups is 1. The van der Waals surface area contributed by atoms with E-state index < -0.39 is 16.6 Å². The first kappa shape index (κ1) is 20.4. The van der Waals surface area contributed by atoms with Gasteiger partial charge in [0.25, 0.3) is 0 Å². The summed E-state index contributed by atoms with van der Waals surface area (Å²) in [7, 11) is -2.65. The molecule has 4 N–H and O–H groups in total. The molecule has 1 aromatic heterocycles. The van der Waals surface area contributed by atoms with Gasteiger partial charge in [-0.1, -0.05) is 23.7 Å². The van der Waals surface area contributed by atoms with Crippen molar-refractivity contribution in [2.75, 3.05) is 31.1 Å². The Kier molecular flexibility index (Phi) is 5.67. The van der Waals surface area contributed by atoms with Gasteiger partial charge in [0.15, 0.2) is 0 Å². The standard InChI is InChI=1S/C19H24ClN5O3S/c20-14-3-1-13(2-4-14)9-16(21)19(26)25-7-5-24(6-8-25)18-15-10-29(27,28)11-17(15)22-12-23-18/h1-4,12,16,27-28H,5-11,21H2. The van der Waals surface area contributed by atoms with Gasteiger partial charge < -0.3 is 15.5 Å². The maximum Gasteiger partial charge on any atom is 0.239 e. The van der Waals surface area contributed by atoms with Crippen molar-refractivity contribution in [1.29, 1.82) is 0 Å². The van der Waals surface area contributed by atoms with Crippen molar-refractivity contribution >= 4 is 33.9 Å². The van der Waals surface area contributed by atoms with Crippen molar-refractivity contribution in [3.63, 3.8) is 0 Å². The summed E-state index contributed by atoms with van der Waals surface area (Å²) >= 11 is 5.90. The minimum atomic E-state index is -2.65. The van der Waals surface area contributed by atoms with Crippen LogP contribution in [0.5, 0.6) is 0 Å². The molecule has 10 heteroatoms. The molecule has 0 saturated carbocycles. The molecule has 1 unspecified atom stereocenters. The highest BCUT2D eigenvalue weighted by Gasteiger charge is 2.33. The molecule has 1 atom stereocenters. The van der Waals surface area contributed by atoms with Gasteiger partial charge in [-0.05, 0) is 24.1 Å². The highest BCUT2D eigenvalue weighted by Crippen LogP contribution is 2.53. The van der Waals surface area contributed by atoms with Gasteiger partial charge in [-0.15, -0.1) is 0 Å². The lowest BCUT2D eigenvalue weighted by atomic mass is 10.1. The van der Waals surface area contributed by atoms with E-state index in [-0.39, 0.29) is 17.4 Å². The minimum absolute atomic E-state index is 0.0679. The van der Waals surface area contributed by atoms with E-state index in [9.17, 15) is 13.9 Å². The number of fused-ring (bicyclic) bond motifs is 1. The number of hydrogen-bond acceptors (Lipinski definition) is 7. The zero-order valence-electron chi connectivity index (χ0n) is 15.9. The summed E-state index contributed by atoms with van der Waals surface area (Å²) in [5.74, 6) is 1.06. The van der Waals surface area contributed by atoms with E-state index in [1.807, 2.05) is 12.1 Å². The molecule has 3 heterocycles. The molecule has 0 bridgehead atoms. The maximum absolute atomic E-state index is 12.8. The number of rotatable bonds is 4. The summed E-state index contributed by atoms with van der Waals surface area (Å²) in [6, 6.07) is 6.75. The smallest absolute Gasteiger partial charge is 0.239 e. The fourth-order valence-electron chi connectivity index (χ4n) is 3.82. The molecule has 0 spiro atoms. The molecule has 0 aliphatic carbocycles. The van der Waals surface area contributed by atoms with Gasteiger partial charge in [0.2, 0.25) is 5.91 Å². The van der Waals surface area contributed by atoms with Crippen LogP contribution in [-0.2, 0) is 22.7 Å². The van der Waals surface area contributed by atoms with Crippen LogP contribution in [0.15, 0.2) is 30.6 Å². The second-order valence-electron chi connectivity index (χ2n) is 7.46. The van der Waals surface area contributed by atoms with Gasteiger partial charge in [-0.3, -0.25) is 13.9 Å². The second-order valence-corrected chi connectivity index (χ2v) is 10.1. The van der Waals surface area contributed by atoms with Crippen LogP contribution in [0.1, 0.15) is 16.8 Å². The highest BCUT2D eigenvalue weighted by atomic mass is 35.5. The number of hydrogen-bond donors (Lipinski definition) is 3. The third-order valence-corrected chi connectivity index (χ3v) is 7.07. The van der Waals surface area contributed by atoms with E-state index in [1.54, 1.807) is 17.0 Å². The number of anilines is 1. The topological polar surface area (TPSA) is 116 Å². The zero-order valence-corrected chi connectivity index (χ0v) is 17.4. The zero-order chi connectivity index (χ0) is 20.6. The molecule has 2 aromatic rings. The monoisotopic (exact) mass is 437 g/mol. The fourth-order valence-corrected chi connectivity index (χ4v) is 5.49. The van der Waals surface area contributed by atoms with Crippen LogP contribution in [0, 0.1) is 0 Å². The number of amides is 1. The lowest BCUT2D eigenvalue weighted by Gasteiger charge is -2.37. The summed E-state index contributed by atoms with van der Waals surface area (Å²) < 4.78 is 20.1. The predicted molar refractivity (Wildman–Crippen MR) is 114 cm³/mol. The predicted octanol–water partition coefficient (Wildman–Crippen LogP) is 2.11. The van der Waals surface area contributed by atoms with Gasteiger partial charge in [0.05, 0.1) is 23.2 Å². The Morgan fingerprint density at radius 3 is 2.52 bits per heavy atom. The van der Waals surface area contributed by atoms with E-state index in [2.05, 4.69) is 14.9 Å². The van der Waals surface area contributed by atoms with Gasteiger partial charge >= 0.3 is 0 Å². The summed E-state index contributed by atoms with van der Waals surface area (Å²) in [6.07, 6.45) is 1.93. The molecule has 2 aliphatic heterocycles. The number of halogens is 1. The third-order valence-electron chi connectivity index (χ3n) is 5.33. The Morgan fingerprint density at radius 2 is 1.83 bits per heavy atom. The van der Waals surface area contributed by atoms with Crippen LogP contribution < -0.4 is 10.6 Å². The second kappa shape index (κ2) is 8.08. The van der Waals surface area contributed by atoms with Crippen LogP contribution >= 0.6 is 22.2 Å². The van der Waals surface area contributed by atoms with Crippen molar-refractivity contribution < 1.29 is 13.9 Å². The number of benzene rings is 1. The number of carbonyl (C=O) groups excluding carboxylic acids is 1. The van der Waals surface area contributed by atoms with Crippen molar-refractivity contribution in [1.82, 2.24) is 14.9 Å². The van der Waals surface area contributed by atoms with E-state index >= 15 is 0 Å². The number of nitrogens with zero attached hydrogens (tertiary/aromatic N) is 4. The molecule has 8 nitrogen and oxygen atoms in total.